The second-order valence-electron chi connectivity index (χ2n) is 6.42. The van der Waals surface area contributed by atoms with Gasteiger partial charge in [0.25, 0.3) is 5.91 Å². The SMILES string of the molecule is CS(C)(=O)=NC(=O)c1ccccc1NCc1ccnn1CC1CC1. The molecule has 2 aromatic rings. The van der Waals surface area contributed by atoms with E-state index in [-0.39, 0.29) is 0 Å². The van der Waals surface area contributed by atoms with Gasteiger partial charge in [0, 0.05) is 40.7 Å². The van der Waals surface area contributed by atoms with E-state index in [4.69, 9.17) is 0 Å². The number of nitrogens with zero attached hydrogens (tertiary/aromatic N) is 3. The molecule has 0 bridgehead atoms. The number of benzene rings is 1. The average Bonchev–Trinajstić information content (AvgIpc) is 3.21. The van der Waals surface area contributed by atoms with E-state index in [0.717, 1.165) is 18.2 Å². The molecule has 1 amide bonds. The van der Waals surface area contributed by atoms with Crippen LogP contribution in [0.4, 0.5) is 5.69 Å². The Hall–Kier alpha value is -2.15. The first kappa shape index (κ1) is 16.7. The molecular formula is C17H22N4O2S. The summed E-state index contributed by atoms with van der Waals surface area (Å²) in [6.45, 7) is 1.53. The summed E-state index contributed by atoms with van der Waals surface area (Å²) in [6, 6.07) is 9.14. The van der Waals surface area contributed by atoms with Crippen molar-refractivity contribution < 1.29 is 9.00 Å². The lowest BCUT2D eigenvalue weighted by atomic mass is 10.1. The molecule has 1 heterocycles. The maximum absolute atomic E-state index is 12.3. The van der Waals surface area contributed by atoms with Gasteiger partial charge < -0.3 is 5.32 Å². The largest absolute Gasteiger partial charge is 0.379 e. The van der Waals surface area contributed by atoms with Crippen molar-refractivity contribution in [2.24, 2.45) is 10.3 Å². The Labute approximate surface area is 142 Å². The molecule has 1 aliphatic carbocycles. The van der Waals surface area contributed by atoms with E-state index in [0.29, 0.717) is 17.8 Å². The molecule has 1 fully saturated rings. The van der Waals surface area contributed by atoms with Crippen LogP contribution in [0.5, 0.6) is 0 Å². The second kappa shape index (κ2) is 6.76. The molecule has 6 nitrogen and oxygen atoms in total. The lowest BCUT2D eigenvalue weighted by Gasteiger charge is -2.11. The molecule has 0 aliphatic heterocycles. The minimum absolute atomic E-state index is 0.433. The first-order chi connectivity index (χ1) is 11.4. The van der Waals surface area contributed by atoms with E-state index in [1.54, 1.807) is 18.3 Å². The number of hydrogen-bond donors (Lipinski definition) is 1. The van der Waals surface area contributed by atoms with Crippen LogP contribution in [0.25, 0.3) is 0 Å². The van der Waals surface area contributed by atoms with Crippen LogP contribution >= 0.6 is 0 Å². The predicted molar refractivity (Wildman–Crippen MR) is 95.5 cm³/mol. The molecular weight excluding hydrogens is 324 g/mol. The normalized spacial score (nSPS) is 14.4. The number of rotatable bonds is 6. The lowest BCUT2D eigenvalue weighted by Crippen LogP contribution is -2.12. The van der Waals surface area contributed by atoms with E-state index >= 15 is 0 Å². The zero-order valence-electron chi connectivity index (χ0n) is 13.9. The van der Waals surface area contributed by atoms with Crippen molar-refractivity contribution in [2.45, 2.75) is 25.9 Å². The molecule has 1 aromatic carbocycles. The van der Waals surface area contributed by atoms with E-state index < -0.39 is 15.6 Å². The van der Waals surface area contributed by atoms with Crippen LogP contribution in [0.1, 0.15) is 28.9 Å². The van der Waals surface area contributed by atoms with Crippen LogP contribution in [0, 0.1) is 5.92 Å². The number of hydrogen-bond acceptors (Lipinski definition) is 4. The number of nitrogens with one attached hydrogen (secondary N) is 1. The molecule has 1 aromatic heterocycles. The van der Waals surface area contributed by atoms with Gasteiger partial charge in [-0.2, -0.15) is 9.46 Å². The van der Waals surface area contributed by atoms with Crippen molar-refractivity contribution in [2.75, 3.05) is 17.8 Å². The van der Waals surface area contributed by atoms with Gasteiger partial charge in [-0.15, -0.1) is 0 Å². The number of anilines is 1. The van der Waals surface area contributed by atoms with Gasteiger partial charge in [-0.05, 0) is 37.0 Å². The van der Waals surface area contributed by atoms with Gasteiger partial charge in [-0.25, -0.2) is 4.21 Å². The molecule has 1 aliphatic rings. The minimum atomic E-state index is -2.48. The number of carbonyl (C=O) groups excluding carboxylic acids is 1. The maximum atomic E-state index is 12.3. The third-order valence-electron chi connectivity index (χ3n) is 3.85. The molecule has 1 N–H and O–H groups in total. The Morgan fingerprint density at radius 1 is 1.33 bits per heavy atom. The number of para-hydroxylation sites is 1. The third-order valence-corrected chi connectivity index (χ3v) is 4.46. The summed E-state index contributed by atoms with van der Waals surface area (Å²) in [4.78, 5) is 12.3. The predicted octanol–water partition coefficient (Wildman–Crippen LogP) is 2.77. The molecule has 24 heavy (non-hydrogen) atoms. The Balaban J connectivity index is 1.75. The van der Waals surface area contributed by atoms with Gasteiger partial charge in [0.15, 0.2) is 0 Å². The maximum Gasteiger partial charge on any atom is 0.287 e. The molecule has 1 saturated carbocycles. The molecule has 3 rings (SSSR count). The first-order valence-corrected chi connectivity index (χ1v) is 10.3. The summed E-state index contributed by atoms with van der Waals surface area (Å²) in [7, 11) is -2.48. The van der Waals surface area contributed by atoms with Crippen molar-refractivity contribution >= 4 is 21.3 Å². The van der Waals surface area contributed by atoms with E-state index in [2.05, 4.69) is 14.8 Å². The Bertz CT molecular complexity index is 853. The summed E-state index contributed by atoms with van der Waals surface area (Å²) in [5, 5.41) is 7.65. The highest BCUT2D eigenvalue weighted by molar-refractivity contribution is 7.92. The summed E-state index contributed by atoms with van der Waals surface area (Å²) in [5.41, 5.74) is 2.20. The van der Waals surface area contributed by atoms with E-state index in [9.17, 15) is 9.00 Å². The highest BCUT2D eigenvalue weighted by atomic mass is 32.2. The van der Waals surface area contributed by atoms with Gasteiger partial charge >= 0.3 is 0 Å². The number of amides is 1. The fourth-order valence-corrected chi connectivity index (χ4v) is 2.98. The van der Waals surface area contributed by atoms with Crippen molar-refractivity contribution in [3.63, 3.8) is 0 Å². The molecule has 0 radical (unpaired) electrons. The third kappa shape index (κ3) is 4.44. The van der Waals surface area contributed by atoms with Gasteiger partial charge in [-0.1, -0.05) is 12.1 Å². The quantitative estimate of drug-likeness (QED) is 0.872. The fraction of sp³-hybridized carbons (Fsp3) is 0.412. The Morgan fingerprint density at radius 3 is 2.79 bits per heavy atom. The van der Waals surface area contributed by atoms with E-state index in [1.807, 2.05) is 22.9 Å². The van der Waals surface area contributed by atoms with Crippen LogP contribution in [0.3, 0.4) is 0 Å². The first-order valence-electron chi connectivity index (χ1n) is 7.97. The summed E-state index contributed by atoms with van der Waals surface area (Å²) < 4.78 is 17.6. The zero-order chi connectivity index (χ0) is 17.2. The summed E-state index contributed by atoms with van der Waals surface area (Å²) >= 11 is 0. The Kier molecular flexibility index (Phi) is 4.71. The topological polar surface area (TPSA) is 76.3 Å². The number of aromatic nitrogens is 2. The highest BCUT2D eigenvalue weighted by Crippen LogP contribution is 2.30. The molecule has 0 atom stereocenters. The smallest absolute Gasteiger partial charge is 0.287 e. The van der Waals surface area contributed by atoms with Crippen LogP contribution in [0.15, 0.2) is 40.9 Å². The van der Waals surface area contributed by atoms with Crippen molar-refractivity contribution in [1.29, 1.82) is 0 Å². The fourth-order valence-electron chi connectivity index (χ4n) is 2.48. The summed E-state index contributed by atoms with van der Waals surface area (Å²) in [5.74, 6) is 0.290. The monoisotopic (exact) mass is 346 g/mol. The van der Waals surface area contributed by atoms with Gasteiger partial charge in [-0.3, -0.25) is 9.48 Å². The molecule has 0 unspecified atom stereocenters. The van der Waals surface area contributed by atoms with Crippen molar-refractivity contribution in [3.05, 3.63) is 47.8 Å². The summed E-state index contributed by atoms with van der Waals surface area (Å²) in [6.07, 6.45) is 7.27. The molecule has 0 spiro atoms. The van der Waals surface area contributed by atoms with Gasteiger partial charge in [0.2, 0.25) is 0 Å². The Morgan fingerprint density at radius 2 is 2.08 bits per heavy atom. The standard InChI is InChI=1S/C17H22N4O2S/c1-24(2,23)20-17(22)15-5-3-4-6-16(15)18-11-14-9-10-19-21(14)12-13-7-8-13/h3-6,9-10,13,18H,7-8,11-12H2,1-2H3. The van der Waals surface area contributed by atoms with Crippen LogP contribution in [-0.4, -0.2) is 32.4 Å². The minimum Gasteiger partial charge on any atom is -0.379 e. The average molecular weight is 346 g/mol. The second-order valence-corrected chi connectivity index (χ2v) is 8.97. The van der Waals surface area contributed by atoms with Crippen LogP contribution < -0.4 is 5.32 Å². The highest BCUT2D eigenvalue weighted by Gasteiger charge is 2.22. The number of carbonyl (C=O) groups is 1. The van der Waals surface area contributed by atoms with Crippen molar-refractivity contribution in [1.82, 2.24) is 9.78 Å². The molecule has 0 saturated heterocycles. The van der Waals surface area contributed by atoms with Gasteiger partial charge in [0.1, 0.15) is 0 Å². The molecule has 128 valence electrons. The zero-order valence-corrected chi connectivity index (χ0v) is 14.8. The molecule has 7 heteroatoms. The lowest BCUT2D eigenvalue weighted by molar-refractivity contribution is 0.101. The van der Waals surface area contributed by atoms with E-state index in [1.165, 1.54) is 25.4 Å². The van der Waals surface area contributed by atoms with Gasteiger partial charge in [0.05, 0.1) is 17.8 Å². The van der Waals surface area contributed by atoms with Crippen molar-refractivity contribution in [3.8, 4) is 0 Å². The van der Waals surface area contributed by atoms with Crippen LogP contribution in [0.2, 0.25) is 0 Å². The van der Waals surface area contributed by atoms with Crippen LogP contribution in [-0.2, 0) is 22.8 Å².